The molecule has 1 rings (SSSR count). The summed E-state index contributed by atoms with van der Waals surface area (Å²) >= 11 is 5.68. The number of hydrogen-bond donors (Lipinski definition) is 0. The highest BCUT2D eigenvalue weighted by atomic mass is 35.5. The van der Waals surface area contributed by atoms with Crippen molar-refractivity contribution >= 4 is 28.4 Å². The van der Waals surface area contributed by atoms with Gasteiger partial charge >= 0.3 is 5.97 Å². The lowest BCUT2D eigenvalue weighted by atomic mass is 10.4. The van der Waals surface area contributed by atoms with E-state index in [9.17, 15) is 9.00 Å². The van der Waals surface area contributed by atoms with Gasteiger partial charge in [0.25, 0.3) is 0 Å². The number of carbonyl (C=O) groups excluding carboxylic acids is 1. The zero-order chi connectivity index (χ0) is 11.3. The maximum absolute atomic E-state index is 11.6. The molecular weight excluding hydrogens is 236 g/mol. The summed E-state index contributed by atoms with van der Waals surface area (Å²) in [6, 6.07) is 6.55. The normalized spacial score (nSPS) is 12.1. The molecular formula is C10H11ClO3S. The molecule has 1 atom stereocenters. The van der Waals surface area contributed by atoms with E-state index in [-0.39, 0.29) is 5.75 Å². The van der Waals surface area contributed by atoms with Gasteiger partial charge in [0.15, 0.2) is 0 Å². The number of esters is 1. The van der Waals surface area contributed by atoms with Crippen LogP contribution in [0.4, 0.5) is 0 Å². The monoisotopic (exact) mass is 246 g/mol. The minimum absolute atomic E-state index is 0.116. The number of benzene rings is 1. The van der Waals surface area contributed by atoms with Gasteiger partial charge in [-0.25, -0.2) is 0 Å². The molecule has 0 aliphatic carbocycles. The zero-order valence-electron chi connectivity index (χ0n) is 8.23. The average Bonchev–Trinajstić information content (AvgIpc) is 2.18. The molecule has 0 N–H and O–H groups in total. The first-order valence-electron chi connectivity index (χ1n) is 4.43. The largest absolute Gasteiger partial charge is 0.465 e. The molecule has 15 heavy (non-hydrogen) atoms. The van der Waals surface area contributed by atoms with Crippen LogP contribution >= 0.6 is 11.6 Å². The van der Waals surface area contributed by atoms with Crippen molar-refractivity contribution in [3.63, 3.8) is 0 Å². The van der Waals surface area contributed by atoms with E-state index >= 15 is 0 Å². The maximum Gasteiger partial charge on any atom is 0.318 e. The molecule has 0 saturated carbocycles. The fourth-order valence-electron chi connectivity index (χ4n) is 0.979. The minimum Gasteiger partial charge on any atom is -0.465 e. The number of halogens is 1. The van der Waals surface area contributed by atoms with Gasteiger partial charge in [0.1, 0.15) is 5.75 Å². The first-order valence-corrected chi connectivity index (χ1v) is 6.12. The Morgan fingerprint density at radius 2 is 2.00 bits per heavy atom. The Morgan fingerprint density at radius 3 is 2.53 bits per heavy atom. The predicted molar refractivity (Wildman–Crippen MR) is 59.4 cm³/mol. The first-order chi connectivity index (χ1) is 7.13. The Labute approximate surface area is 95.8 Å². The molecule has 1 aromatic rings. The highest BCUT2D eigenvalue weighted by Crippen LogP contribution is 2.12. The van der Waals surface area contributed by atoms with Crippen molar-refractivity contribution in [1.82, 2.24) is 0 Å². The molecule has 5 heteroatoms. The Bertz CT molecular complexity index is 361. The molecule has 0 aromatic heterocycles. The van der Waals surface area contributed by atoms with Gasteiger partial charge < -0.3 is 4.74 Å². The molecule has 0 heterocycles. The molecule has 0 unspecified atom stereocenters. The third-order valence-corrected chi connectivity index (χ3v) is 3.18. The van der Waals surface area contributed by atoms with Gasteiger partial charge in [-0.15, -0.1) is 0 Å². The van der Waals surface area contributed by atoms with Gasteiger partial charge in [-0.2, -0.15) is 0 Å². The molecule has 1 aromatic carbocycles. The molecule has 0 saturated heterocycles. The van der Waals surface area contributed by atoms with Gasteiger partial charge in [-0.1, -0.05) is 11.6 Å². The molecule has 0 radical (unpaired) electrons. The summed E-state index contributed by atoms with van der Waals surface area (Å²) in [4.78, 5) is 11.6. The van der Waals surface area contributed by atoms with Gasteiger partial charge in [-0.3, -0.25) is 9.00 Å². The topological polar surface area (TPSA) is 43.4 Å². The van der Waals surface area contributed by atoms with Crippen molar-refractivity contribution in [2.24, 2.45) is 0 Å². The SMILES string of the molecule is CCOC(=O)C[S@](=O)c1ccc(Cl)cc1. The fourth-order valence-corrected chi connectivity index (χ4v) is 2.01. The summed E-state index contributed by atoms with van der Waals surface area (Å²) in [7, 11) is -1.36. The highest BCUT2D eigenvalue weighted by Gasteiger charge is 2.10. The van der Waals surface area contributed by atoms with E-state index in [1.807, 2.05) is 0 Å². The molecule has 0 fully saturated rings. The van der Waals surface area contributed by atoms with Gasteiger partial charge in [-0.05, 0) is 31.2 Å². The van der Waals surface area contributed by atoms with E-state index in [4.69, 9.17) is 16.3 Å². The second kappa shape index (κ2) is 5.88. The van der Waals surface area contributed by atoms with Crippen molar-refractivity contribution in [2.45, 2.75) is 11.8 Å². The Hall–Kier alpha value is -0.870. The molecule has 0 amide bonds. The minimum atomic E-state index is -1.36. The lowest BCUT2D eigenvalue weighted by Crippen LogP contribution is -2.13. The van der Waals surface area contributed by atoms with E-state index in [2.05, 4.69) is 0 Å². The van der Waals surface area contributed by atoms with Crippen LogP contribution in [0.5, 0.6) is 0 Å². The maximum atomic E-state index is 11.6. The third kappa shape index (κ3) is 4.01. The summed E-state index contributed by atoms with van der Waals surface area (Å²) in [5.41, 5.74) is 0. The van der Waals surface area contributed by atoms with Gasteiger partial charge in [0, 0.05) is 9.92 Å². The van der Waals surface area contributed by atoms with Crippen LogP contribution < -0.4 is 0 Å². The summed E-state index contributed by atoms with van der Waals surface area (Å²) in [5, 5.41) is 0.576. The smallest absolute Gasteiger partial charge is 0.318 e. The number of hydrogen-bond acceptors (Lipinski definition) is 3. The van der Waals surface area contributed by atoms with Crippen LogP contribution in [0.25, 0.3) is 0 Å². The van der Waals surface area contributed by atoms with Crippen molar-refractivity contribution in [1.29, 1.82) is 0 Å². The lowest BCUT2D eigenvalue weighted by Gasteiger charge is -2.02. The predicted octanol–water partition coefficient (Wildman–Crippen LogP) is 2.01. The summed E-state index contributed by atoms with van der Waals surface area (Å²) < 4.78 is 16.3. The van der Waals surface area contributed by atoms with Gasteiger partial charge in [0.2, 0.25) is 0 Å². The molecule has 0 aliphatic heterocycles. The average molecular weight is 247 g/mol. The van der Waals surface area contributed by atoms with Crippen LogP contribution in [0.1, 0.15) is 6.92 Å². The van der Waals surface area contributed by atoms with E-state index in [0.717, 1.165) is 0 Å². The number of rotatable bonds is 4. The van der Waals surface area contributed by atoms with Gasteiger partial charge in [0.05, 0.1) is 17.4 Å². The number of ether oxygens (including phenoxy) is 1. The second-order valence-corrected chi connectivity index (χ2v) is 4.64. The summed E-state index contributed by atoms with van der Waals surface area (Å²) in [6.07, 6.45) is 0. The van der Waals surface area contributed by atoms with E-state index in [1.165, 1.54) is 0 Å². The summed E-state index contributed by atoms with van der Waals surface area (Å²) in [5.74, 6) is -0.569. The quantitative estimate of drug-likeness (QED) is 0.764. The standard InChI is InChI=1S/C10H11ClO3S/c1-2-14-10(12)7-15(13)9-5-3-8(11)4-6-9/h3-6H,2,7H2,1H3/t15-/m0/s1. The lowest BCUT2D eigenvalue weighted by molar-refractivity contribution is -0.139. The molecule has 3 nitrogen and oxygen atoms in total. The van der Waals surface area contributed by atoms with Crippen LogP contribution in [-0.4, -0.2) is 22.5 Å². The Morgan fingerprint density at radius 1 is 1.40 bits per heavy atom. The van der Waals surface area contributed by atoms with Crippen molar-refractivity contribution in [2.75, 3.05) is 12.4 Å². The number of carbonyl (C=O) groups is 1. The van der Waals surface area contributed by atoms with E-state index in [1.54, 1.807) is 31.2 Å². The third-order valence-electron chi connectivity index (χ3n) is 1.63. The first kappa shape index (κ1) is 12.2. The van der Waals surface area contributed by atoms with Crippen LogP contribution in [-0.2, 0) is 20.3 Å². The highest BCUT2D eigenvalue weighted by molar-refractivity contribution is 7.85. The van der Waals surface area contributed by atoms with Crippen LogP contribution in [0, 0.1) is 0 Å². The fraction of sp³-hybridized carbons (Fsp3) is 0.300. The van der Waals surface area contributed by atoms with Crippen molar-refractivity contribution < 1.29 is 13.7 Å². The molecule has 0 aliphatic rings. The Kier molecular flexibility index (Phi) is 4.78. The molecule has 0 spiro atoms. The molecule has 82 valence electrons. The second-order valence-electron chi connectivity index (χ2n) is 2.75. The zero-order valence-corrected chi connectivity index (χ0v) is 9.81. The van der Waals surface area contributed by atoms with Crippen molar-refractivity contribution in [3.05, 3.63) is 29.3 Å². The van der Waals surface area contributed by atoms with Crippen molar-refractivity contribution in [3.8, 4) is 0 Å². The summed E-state index contributed by atoms with van der Waals surface area (Å²) in [6.45, 7) is 2.01. The van der Waals surface area contributed by atoms with Crippen LogP contribution in [0.2, 0.25) is 5.02 Å². The Balaban J connectivity index is 2.61. The molecule has 0 bridgehead atoms. The van der Waals surface area contributed by atoms with E-state index in [0.29, 0.717) is 16.5 Å². The van der Waals surface area contributed by atoms with Crippen LogP contribution in [0.15, 0.2) is 29.2 Å². The van der Waals surface area contributed by atoms with E-state index < -0.39 is 16.8 Å². The van der Waals surface area contributed by atoms with Crippen LogP contribution in [0.3, 0.4) is 0 Å².